The van der Waals surface area contributed by atoms with Crippen molar-refractivity contribution in [1.82, 2.24) is 80.2 Å². The Balaban J connectivity index is 0.000000146. The summed E-state index contributed by atoms with van der Waals surface area (Å²) in [4.78, 5) is 30.4. The number of ether oxygens (including phenoxy) is 1. The van der Waals surface area contributed by atoms with Crippen LogP contribution in [0.3, 0.4) is 0 Å². The van der Waals surface area contributed by atoms with Crippen molar-refractivity contribution < 1.29 is 23.1 Å². The number of halogens is 1. The molecule has 12 rings (SSSR count). The fourth-order valence-electron chi connectivity index (χ4n) is 10.6. The van der Waals surface area contributed by atoms with Gasteiger partial charge in [-0.3, -0.25) is 0 Å². The monoisotopic (exact) mass is 1100 g/mol. The second kappa shape index (κ2) is 25.8. The van der Waals surface area contributed by atoms with Gasteiger partial charge in [0.2, 0.25) is 17.7 Å². The Labute approximate surface area is 465 Å². The number of carbonyl (C=O) groups excluding carboxylic acids is 1. The van der Waals surface area contributed by atoms with Gasteiger partial charge in [-0.2, -0.15) is 44.3 Å². The third-order valence-corrected chi connectivity index (χ3v) is 14.7. The standard InChI is InChI=1S/C23H32N6O3.C18H24N6O.C15H17N5O.ClH/c1-16-18-8-5-6-9-19(18)29(26-16)21-25-20(32-27-21)17-10-14-28(15-11-17)13-7-12-24-22(30)31-23(2,3)4;1-13-15-5-2-3-6-16(15)24(21-13)18-20-17(25-22-18)14-7-11-23(12-8-14)10-4-9-19;1-10-12-4-2-3-5-13(12)20(18-10)15-17-14(21-19-15)11-6-8-16-9-7-11;/h5-6,8-9,17H,7,10-15H2,1-4H3,(H,24,30);2-3,5-6,14H,4,7-12,19H2,1H3;2-5,11,16H,6-9H2,1H3;1H. The lowest BCUT2D eigenvalue weighted by Crippen LogP contribution is -2.37. The maximum Gasteiger partial charge on any atom is 0.407 e. The Morgan fingerprint density at radius 1 is 0.595 bits per heavy atom. The van der Waals surface area contributed by atoms with Crippen LogP contribution in [0.5, 0.6) is 0 Å². The minimum absolute atomic E-state index is 0. The van der Waals surface area contributed by atoms with Gasteiger partial charge in [-0.25, -0.2) is 4.79 Å². The first kappa shape index (κ1) is 56.6. The minimum atomic E-state index is -0.468. The third-order valence-electron chi connectivity index (χ3n) is 14.7. The highest BCUT2D eigenvalue weighted by atomic mass is 35.5. The maximum absolute atomic E-state index is 11.7. The number of fused-ring (bicyclic) bond motifs is 3. The van der Waals surface area contributed by atoms with Crippen molar-refractivity contribution in [2.24, 2.45) is 5.73 Å². The van der Waals surface area contributed by atoms with E-state index in [4.69, 9.17) is 24.0 Å². The SMILES string of the molecule is Cc1nn(-c2noc(C3CCN(CCCN)CC3)n2)c2ccccc12.Cc1nn(-c2noc(C3CCN(CCCNC(=O)OC(C)(C)C)CC3)n2)c2ccccc12.Cc1nn(-c2noc(C3CCNCC3)n2)c2ccccc12.Cl. The summed E-state index contributed by atoms with van der Waals surface area (Å²) in [5, 5.41) is 35.7. The van der Waals surface area contributed by atoms with E-state index in [2.05, 4.69) is 78.3 Å². The zero-order valence-corrected chi connectivity index (χ0v) is 47.0. The number of rotatable bonds is 13. The lowest BCUT2D eigenvalue weighted by Gasteiger charge is -2.30. The van der Waals surface area contributed by atoms with Gasteiger partial charge < -0.3 is 44.5 Å². The summed E-state index contributed by atoms with van der Waals surface area (Å²) in [5.74, 6) is 4.61. The van der Waals surface area contributed by atoms with Crippen LogP contribution in [0.15, 0.2) is 86.4 Å². The van der Waals surface area contributed by atoms with Crippen LogP contribution in [0.2, 0.25) is 0 Å². The van der Waals surface area contributed by atoms with Gasteiger partial charge in [0.15, 0.2) is 0 Å². The number of hydrogen-bond donors (Lipinski definition) is 3. The lowest BCUT2D eigenvalue weighted by molar-refractivity contribution is 0.0525. The minimum Gasteiger partial charge on any atom is -0.444 e. The molecule has 9 aromatic rings. The molecule has 4 N–H and O–H groups in total. The fraction of sp³-hybridized carbons (Fsp3) is 0.500. The molecular formula is C56H74ClN17O5. The summed E-state index contributed by atoms with van der Waals surface area (Å²) in [6, 6.07) is 24.2. The number of nitrogens with one attached hydrogen (secondary N) is 2. The van der Waals surface area contributed by atoms with Crippen LogP contribution in [0.4, 0.5) is 4.79 Å². The maximum atomic E-state index is 11.7. The van der Waals surface area contributed by atoms with Crippen LogP contribution in [-0.2, 0) is 4.74 Å². The molecule has 0 unspecified atom stereocenters. The van der Waals surface area contributed by atoms with Gasteiger partial charge in [0, 0.05) is 40.5 Å². The van der Waals surface area contributed by atoms with Gasteiger partial charge >= 0.3 is 6.09 Å². The second-order valence-corrected chi connectivity index (χ2v) is 21.5. The van der Waals surface area contributed by atoms with E-state index in [1.165, 1.54) is 0 Å². The van der Waals surface area contributed by atoms with Gasteiger partial charge in [-0.1, -0.05) is 54.6 Å². The molecule has 0 radical (unpaired) electrons. The van der Waals surface area contributed by atoms with Crippen molar-refractivity contribution in [1.29, 1.82) is 0 Å². The Kier molecular flexibility index (Phi) is 18.5. The number of carbonyl (C=O) groups is 1. The Hall–Kier alpha value is -7.11. The number of aromatic nitrogens is 12. The summed E-state index contributed by atoms with van der Waals surface area (Å²) >= 11 is 0. The van der Waals surface area contributed by atoms with Crippen molar-refractivity contribution in [2.45, 2.75) is 116 Å². The van der Waals surface area contributed by atoms with E-state index in [0.29, 0.717) is 42.1 Å². The molecule has 1 amide bonds. The highest BCUT2D eigenvalue weighted by molar-refractivity contribution is 5.85. The highest BCUT2D eigenvalue weighted by Gasteiger charge is 2.29. The largest absolute Gasteiger partial charge is 0.444 e. The fourth-order valence-corrected chi connectivity index (χ4v) is 10.6. The second-order valence-electron chi connectivity index (χ2n) is 21.5. The van der Waals surface area contributed by atoms with Gasteiger partial charge in [0.05, 0.1) is 33.6 Å². The first-order valence-corrected chi connectivity index (χ1v) is 27.6. The van der Waals surface area contributed by atoms with Crippen LogP contribution in [0, 0.1) is 20.8 Å². The lowest BCUT2D eigenvalue weighted by atomic mass is 9.97. The molecule has 23 heteroatoms. The first-order chi connectivity index (χ1) is 37.9. The molecule has 0 atom stereocenters. The van der Waals surface area contributed by atoms with Crippen molar-refractivity contribution in [3.63, 3.8) is 0 Å². The molecule has 420 valence electrons. The number of piperidine rings is 3. The molecule has 0 bridgehead atoms. The topological polar surface area (TPSA) is 253 Å². The Bertz CT molecular complexity index is 3380. The Morgan fingerprint density at radius 3 is 1.34 bits per heavy atom. The summed E-state index contributed by atoms with van der Waals surface area (Å²) in [6.07, 6.45) is 7.71. The first-order valence-electron chi connectivity index (χ1n) is 27.6. The Morgan fingerprint density at radius 2 is 0.962 bits per heavy atom. The molecule has 3 aliphatic rings. The average molecular weight is 1100 g/mol. The molecule has 6 aromatic heterocycles. The number of likely N-dealkylation sites (tertiary alicyclic amines) is 2. The molecule has 0 saturated carbocycles. The van der Waals surface area contributed by atoms with E-state index in [0.717, 1.165) is 172 Å². The molecule has 22 nitrogen and oxygen atoms in total. The van der Waals surface area contributed by atoms with Crippen LogP contribution >= 0.6 is 12.4 Å². The number of alkyl carbamates (subject to hydrolysis) is 1. The normalized spacial score (nSPS) is 16.1. The summed E-state index contributed by atoms with van der Waals surface area (Å²) < 4.78 is 27.2. The number of hydrogen-bond acceptors (Lipinski definition) is 18. The van der Waals surface area contributed by atoms with Crippen LogP contribution < -0.4 is 16.4 Å². The molecule has 3 saturated heterocycles. The van der Waals surface area contributed by atoms with Crippen LogP contribution in [0.1, 0.15) is 125 Å². The summed E-state index contributed by atoms with van der Waals surface area (Å²) in [6.45, 7) is 21.0. The van der Waals surface area contributed by atoms with E-state index in [1.54, 1.807) is 14.0 Å². The van der Waals surface area contributed by atoms with Gasteiger partial charge in [0.25, 0.3) is 17.8 Å². The van der Waals surface area contributed by atoms with E-state index in [1.807, 2.05) is 102 Å². The number of nitrogens with two attached hydrogens (primary N) is 1. The predicted octanol–water partition coefficient (Wildman–Crippen LogP) is 8.66. The molecule has 3 aromatic carbocycles. The number of aryl methyl sites for hydroxylation is 3. The van der Waals surface area contributed by atoms with Crippen molar-refractivity contribution in [3.8, 4) is 17.8 Å². The molecular weight excluding hydrogens is 1030 g/mol. The van der Waals surface area contributed by atoms with Crippen LogP contribution in [0.25, 0.3) is 50.6 Å². The smallest absolute Gasteiger partial charge is 0.407 e. The van der Waals surface area contributed by atoms with Crippen LogP contribution in [-0.4, -0.2) is 147 Å². The summed E-state index contributed by atoms with van der Waals surface area (Å²) in [7, 11) is 0. The zero-order valence-electron chi connectivity index (χ0n) is 46.2. The third kappa shape index (κ3) is 13.7. The average Bonchev–Trinajstić information content (AvgIpc) is 4.46. The molecule has 79 heavy (non-hydrogen) atoms. The van der Waals surface area contributed by atoms with E-state index in [9.17, 15) is 4.79 Å². The highest BCUT2D eigenvalue weighted by Crippen LogP contribution is 2.31. The quantitative estimate of drug-likeness (QED) is 0.0913. The molecule has 0 aliphatic carbocycles. The number of nitrogens with zero attached hydrogens (tertiary/aromatic N) is 14. The van der Waals surface area contributed by atoms with Gasteiger partial charge in [-0.05, 0) is 185 Å². The molecule has 0 spiro atoms. The zero-order chi connectivity index (χ0) is 54.2. The van der Waals surface area contributed by atoms with Gasteiger partial charge in [-0.15, -0.1) is 12.4 Å². The van der Waals surface area contributed by atoms with Crippen molar-refractivity contribution >= 4 is 51.2 Å². The van der Waals surface area contributed by atoms with Gasteiger partial charge in [0.1, 0.15) is 5.60 Å². The van der Waals surface area contributed by atoms with E-state index in [-0.39, 0.29) is 24.4 Å². The number of benzene rings is 3. The van der Waals surface area contributed by atoms with Crippen molar-refractivity contribution in [2.75, 3.05) is 65.4 Å². The van der Waals surface area contributed by atoms with Crippen molar-refractivity contribution in [3.05, 3.63) is 108 Å². The van der Waals surface area contributed by atoms with E-state index < -0.39 is 5.60 Å². The number of para-hydroxylation sites is 3. The predicted molar refractivity (Wildman–Crippen MR) is 302 cm³/mol. The molecule has 9 heterocycles. The summed E-state index contributed by atoms with van der Waals surface area (Å²) in [5.41, 5.74) is 11.0. The van der Waals surface area contributed by atoms with E-state index >= 15 is 0 Å². The number of amides is 1. The molecule has 3 aliphatic heterocycles. The molecule has 3 fully saturated rings.